The van der Waals surface area contributed by atoms with E-state index in [1.807, 2.05) is 42.5 Å². The Morgan fingerprint density at radius 2 is 1.48 bits per heavy atom. The zero-order valence-electron chi connectivity index (χ0n) is 11.9. The monoisotopic (exact) mass is 357 g/mol. The minimum Gasteiger partial charge on any atom is -0.289 e. The highest BCUT2D eigenvalue weighted by Gasteiger charge is 2.15. The van der Waals surface area contributed by atoms with Gasteiger partial charge in [-0.25, -0.2) is 0 Å². The van der Waals surface area contributed by atoms with Crippen LogP contribution in [0.2, 0.25) is 10.0 Å². The maximum absolute atomic E-state index is 12.5. The molecule has 0 amide bonds. The summed E-state index contributed by atoms with van der Waals surface area (Å²) in [6.07, 6.45) is 0. The van der Waals surface area contributed by atoms with Gasteiger partial charge in [0, 0.05) is 20.9 Å². The summed E-state index contributed by atoms with van der Waals surface area (Å²) in [5, 5.41) is 0.934. The van der Waals surface area contributed by atoms with Crippen LogP contribution in [-0.4, -0.2) is 5.78 Å². The summed E-state index contributed by atoms with van der Waals surface area (Å²) < 4.78 is 0. The number of carbonyl (C=O) groups is 1. The first-order valence-electron chi connectivity index (χ1n) is 6.88. The second-order valence-electron chi connectivity index (χ2n) is 4.80. The lowest BCUT2D eigenvalue weighted by atomic mass is 10.0. The highest BCUT2D eigenvalue weighted by Crippen LogP contribution is 2.39. The van der Waals surface area contributed by atoms with Crippen molar-refractivity contribution < 1.29 is 4.79 Å². The molecule has 0 fully saturated rings. The predicted octanol–water partition coefficient (Wildman–Crippen LogP) is 6.18. The summed E-state index contributed by atoms with van der Waals surface area (Å²) in [4.78, 5) is 14.2. The Hall–Kier alpha value is -1.74. The zero-order valence-corrected chi connectivity index (χ0v) is 14.3. The van der Waals surface area contributed by atoms with E-state index in [-0.39, 0.29) is 5.78 Å². The first kappa shape index (κ1) is 16.1. The van der Waals surface area contributed by atoms with Crippen molar-refractivity contribution in [1.82, 2.24) is 0 Å². The van der Waals surface area contributed by atoms with Gasteiger partial charge >= 0.3 is 0 Å². The van der Waals surface area contributed by atoms with Gasteiger partial charge in [0.05, 0.1) is 10.0 Å². The summed E-state index contributed by atoms with van der Waals surface area (Å²) in [7, 11) is 0. The number of hydrogen-bond acceptors (Lipinski definition) is 2. The summed E-state index contributed by atoms with van der Waals surface area (Å²) in [5.74, 6) is -0.0970. The van der Waals surface area contributed by atoms with Crippen LogP contribution in [0.5, 0.6) is 0 Å². The molecule has 0 saturated carbocycles. The van der Waals surface area contributed by atoms with Gasteiger partial charge in [-0.2, -0.15) is 0 Å². The minimum atomic E-state index is -0.0970. The molecule has 0 spiro atoms. The molecule has 0 N–H and O–H groups in total. The van der Waals surface area contributed by atoms with E-state index in [0.29, 0.717) is 21.2 Å². The third kappa shape index (κ3) is 3.78. The van der Waals surface area contributed by atoms with Crippen molar-refractivity contribution in [2.75, 3.05) is 0 Å². The molecule has 3 aromatic carbocycles. The number of benzene rings is 3. The van der Waals surface area contributed by atoms with Crippen molar-refractivity contribution in [3.05, 3.63) is 94.0 Å². The van der Waals surface area contributed by atoms with Crippen molar-refractivity contribution in [3.8, 4) is 0 Å². The number of hydrogen-bond donors (Lipinski definition) is 0. The van der Waals surface area contributed by atoms with Gasteiger partial charge in [0.1, 0.15) is 0 Å². The van der Waals surface area contributed by atoms with E-state index < -0.39 is 0 Å². The van der Waals surface area contributed by atoms with E-state index in [9.17, 15) is 4.79 Å². The summed E-state index contributed by atoms with van der Waals surface area (Å²) in [6.45, 7) is 0. The Morgan fingerprint density at radius 1 is 0.870 bits per heavy atom. The van der Waals surface area contributed by atoms with E-state index >= 15 is 0 Å². The highest BCUT2D eigenvalue weighted by atomic mass is 35.5. The van der Waals surface area contributed by atoms with Crippen LogP contribution in [0.3, 0.4) is 0 Å². The molecule has 3 rings (SSSR count). The van der Waals surface area contributed by atoms with Gasteiger partial charge in [0.2, 0.25) is 0 Å². The molecule has 113 valence electrons. The lowest BCUT2D eigenvalue weighted by Crippen LogP contribution is -2.01. The topological polar surface area (TPSA) is 17.1 Å². The molecule has 0 aliphatic heterocycles. The highest BCUT2D eigenvalue weighted by molar-refractivity contribution is 7.99. The van der Waals surface area contributed by atoms with Gasteiger partial charge in [-0.15, -0.1) is 0 Å². The molecular weight excluding hydrogens is 347 g/mol. The molecule has 0 aliphatic carbocycles. The third-order valence-corrected chi connectivity index (χ3v) is 5.18. The smallest absolute Gasteiger partial charge is 0.193 e. The predicted molar refractivity (Wildman–Crippen MR) is 95.7 cm³/mol. The van der Waals surface area contributed by atoms with Crippen LogP contribution in [0.1, 0.15) is 15.9 Å². The molecule has 0 saturated heterocycles. The molecule has 3 aromatic rings. The van der Waals surface area contributed by atoms with Gasteiger partial charge in [0.15, 0.2) is 5.78 Å². The quantitative estimate of drug-likeness (QED) is 0.518. The van der Waals surface area contributed by atoms with Crippen molar-refractivity contribution in [2.24, 2.45) is 0 Å². The summed E-state index contributed by atoms with van der Waals surface area (Å²) >= 11 is 14.2. The van der Waals surface area contributed by atoms with E-state index in [1.54, 1.807) is 24.3 Å². The zero-order chi connectivity index (χ0) is 16.2. The molecule has 4 heteroatoms. The number of ketones is 1. The Kier molecular flexibility index (Phi) is 5.06. The van der Waals surface area contributed by atoms with Gasteiger partial charge in [-0.3, -0.25) is 4.79 Å². The molecule has 0 unspecified atom stereocenters. The van der Waals surface area contributed by atoms with Gasteiger partial charge in [-0.1, -0.05) is 77.4 Å². The van der Waals surface area contributed by atoms with E-state index in [0.717, 1.165) is 9.79 Å². The molecule has 1 nitrogen and oxygen atoms in total. The van der Waals surface area contributed by atoms with E-state index in [1.165, 1.54) is 11.8 Å². The fourth-order valence-electron chi connectivity index (χ4n) is 2.10. The molecule has 0 atom stereocenters. The van der Waals surface area contributed by atoms with Gasteiger partial charge in [0.25, 0.3) is 0 Å². The second-order valence-corrected chi connectivity index (χ2v) is 6.70. The normalized spacial score (nSPS) is 10.5. The van der Waals surface area contributed by atoms with Crippen molar-refractivity contribution in [3.63, 3.8) is 0 Å². The van der Waals surface area contributed by atoms with Crippen LogP contribution in [-0.2, 0) is 0 Å². The Labute approximate surface area is 149 Å². The lowest BCUT2D eigenvalue weighted by Gasteiger charge is -2.09. The lowest BCUT2D eigenvalue weighted by molar-refractivity contribution is 0.103. The average Bonchev–Trinajstić information content (AvgIpc) is 2.59. The maximum atomic E-state index is 12.5. The first-order valence-corrected chi connectivity index (χ1v) is 8.45. The fourth-order valence-corrected chi connectivity index (χ4v) is 3.64. The van der Waals surface area contributed by atoms with Crippen LogP contribution >= 0.6 is 35.0 Å². The molecule has 23 heavy (non-hydrogen) atoms. The third-order valence-electron chi connectivity index (χ3n) is 3.20. The molecule has 0 aliphatic rings. The van der Waals surface area contributed by atoms with Crippen molar-refractivity contribution >= 4 is 40.7 Å². The van der Waals surface area contributed by atoms with Crippen LogP contribution < -0.4 is 0 Å². The summed E-state index contributed by atoms with van der Waals surface area (Å²) in [6, 6.07) is 22.9. The molecule has 0 aromatic heterocycles. The molecule has 0 bridgehead atoms. The summed E-state index contributed by atoms with van der Waals surface area (Å²) in [5.41, 5.74) is 1.09. The Balaban J connectivity index is 1.93. The standard InChI is InChI=1S/C19H11Cl2OS/c20-16-11-14(18(22)13-7-3-1-4-8-13)12-17(21)19(16)23-15-9-5-2-6-10-15/h1,3-12H. The van der Waals surface area contributed by atoms with Crippen LogP contribution in [0.4, 0.5) is 0 Å². The Bertz CT molecular complexity index is 809. The second kappa shape index (κ2) is 7.22. The van der Waals surface area contributed by atoms with Crippen LogP contribution in [0.15, 0.2) is 76.5 Å². The number of halogens is 2. The first-order chi connectivity index (χ1) is 11.1. The molecular formula is C19H11Cl2OS. The fraction of sp³-hybridized carbons (Fsp3) is 0. The maximum Gasteiger partial charge on any atom is 0.193 e. The van der Waals surface area contributed by atoms with Crippen molar-refractivity contribution in [1.29, 1.82) is 0 Å². The van der Waals surface area contributed by atoms with Crippen LogP contribution in [0.25, 0.3) is 0 Å². The Morgan fingerprint density at radius 3 is 2.09 bits per heavy atom. The van der Waals surface area contributed by atoms with E-state index in [2.05, 4.69) is 6.07 Å². The molecule has 0 heterocycles. The molecule has 1 radical (unpaired) electrons. The largest absolute Gasteiger partial charge is 0.289 e. The number of carbonyl (C=O) groups excluding carboxylic acids is 1. The van der Waals surface area contributed by atoms with E-state index in [4.69, 9.17) is 23.2 Å². The number of rotatable bonds is 4. The van der Waals surface area contributed by atoms with Gasteiger partial charge < -0.3 is 0 Å². The minimum absolute atomic E-state index is 0.0970. The van der Waals surface area contributed by atoms with Gasteiger partial charge in [-0.05, 0) is 30.3 Å². The SMILES string of the molecule is O=C(c1ccccc1)c1cc(Cl)c(Sc2cc[c]cc2)c(Cl)c1. The average molecular weight is 358 g/mol. The van der Waals surface area contributed by atoms with Crippen LogP contribution in [0, 0.1) is 6.07 Å². The van der Waals surface area contributed by atoms with Crippen molar-refractivity contribution in [2.45, 2.75) is 9.79 Å².